The predicted molar refractivity (Wildman–Crippen MR) is 368 cm³/mol. The zero-order valence-electron chi connectivity index (χ0n) is 58.3. The molecule has 5 atom stereocenters. The lowest BCUT2D eigenvalue weighted by atomic mass is 10.0. The molecule has 91 heavy (non-hydrogen) atoms. The first-order valence-corrected chi connectivity index (χ1v) is 40.1. The van der Waals surface area contributed by atoms with Crippen molar-refractivity contribution in [3.8, 4) is 0 Å². The molecule has 0 aromatic carbocycles. The van der Waals surface area contributed by atoms with E-state index in [1.165, 1.54) is 161 Å². The van der Waals surface area contributed by atoms with Crippen LogP contribution >= 0.6 is 15.6 Å². The summed E-state index contributed by atoms with van der Waals surface area (Å²) in [7, 11) is -9.91. The minimum Gasteiger partial charge on any atom is -0.462 e. The summed E-state index contributed by atoms with van der Waals surface area (Å²) in [6.45, 7) is 4.86. The summed E-state index contributed by atoms with van der Waals surface area (Å²) in [6.07, 6.45) is 57.7. The van der Waals surface area contributed by atoms with Gasteiger partial charge in [0, 0.05) is 25.7 Å². The molecule has 3 N–H and O–H groups in total. The van der Waals surface area contributed by atoms with Crippen LogP contribution in [0, 0.1) is 0 Å². The number of hydrogen-bond donors (Lipinski definition) is 3. The largest absolute Gasteiger partial charge is 0.472 e. The van der Waals surface area contributed by atoms with Crippen molar-refractivity contribution in [2.45, 2.75) is 373 Å². The van der Waals surface area contributed by atoms with E-state index in [1.807, 2.05) is 0 Å². The molecule has 0 aliphatic rings. The maximum absolute atomic E-state index is 13.0. The molecule has 0 aliphatic heterocycles. The minimum absolute atomic E-state index is 0.102. The summed E-state index contributed by atoms with van der Waals surface area (Å²) < 4.78 is 68.2. The average molecular weight is 1340 g/mol. The van der Waals surface area contributed by atoms with Crippen LogP contribution in [0.1, 0.15) is 355 Å². The van der Waals surface area contributed by atoms with Gasteiger partial charge in [-0.1, -0.05) is 302 Å². The standard InChI is InChI=1S/C72H136O17P2/c1-5-9-13-17-21-25-28-30-32-33-35-37-40-43-47-51-55-59-72(77)89-68(63-83-70(75)57-53-49-45-41-39-36-34-31-29-26-22-18-14-10-6-2)65-87-91(80,81)85-61-66(73)60-84-90(78,79)86-64-67(62-82-69(74)56-52-48-44-24-20-16-12-8-4)88-71(76)58-54-50-46-42-38-27-23-19-15-11-7-3/h26,29,31,34,66-68,73H,5-25,27-28,30,32-33,35-65H2,1-4H3,(H,78,79)(H,80,81)/b29-26-,34-31-/t66-,67+,68+/m0/s1. The number of phosphoric ester groups is 2. The van der Waals surface area contributed by atoms with Gasteiger partial charge in [-0.05, 0) is 51.4 Å². The predicted octanol–water partition coefficient (Wildman–Crippen LogP) is 20.6. The summed E-state index contributed by atoms with van der Waals surface area (Å²) in [6, 6.07) is 0. The lowest BCUT2D eigenvalue weighted by Gasteiger charge is -2.21. The molecule has 0 aliphatic carbocycles. The molecule has 0 saturated heterocycles. The Hall–Kier alpha value is -2.46. The number of aliphatic hydroxyl groups is 1. The lowest BCUT2D eigenvalue weighted by Crippen LogP contribution is -2.30. The highest BCUT2D eigenvalue weighted by Crippen LogP contribution is 2.45. The Morgan fingerprint density at radius 3 is 0.802 bits per heavy atom. The molecule has 0 aromatic heterocycles. The summed E-state index contributed by atoms with van der Waals surface area (Å²) in [4.78, 5) is 72.5. The second-order valence-corrected chi connectivity index (χ2v) is 28.2. The van der Waals surface area contributed by atoms with E-state index in [0.717, 1.165) is 116 Å². The average Bonchev–Trinajstić information content (AvgIpc) is 2.40. The normalized spacial score (nSPS) is 14.1. The number of aliphatic hydroxyl groups excluding tert-OH is 1. The molecule has 0 radical (unpaired) electrons. The summed E-state index contributed by atoms with van der Waals surface area (Å²) in [5, 5.41) is 10.6. The Labute approximate surface area is 554 Å². The van der Waals surface area contributed by atoms with Crippen molar-refractivity contribution in [2.24, 2.45) is 0 Å². The van der Waals surface area contributed by atoms with Gasteiger partial charge in [-0.3, -0.25) is 37.3 Å². The topological polar surface area (TPSA) is 237 Å². The van der Waals surface area contributed by atoms with Crippen LogP contribution in [-0.2, 0) is 65.4 Å². The van der Waals surface area contributed by atoms with E-state index < -0.39 is 97.5 Å². The Morgan fingerprint density at radius 2 is 0.527 bits per heavy atom. The first-order valence-electron chi connectivity index (χ1n) is 37.1. The quantitative estimate of drug-likeness (QED) is 0.0169. The third kappa shape index (κ3) is 66.0. The molecule has 0 bridgehead atoms. The van der Waals surface area contributed by atoms with Crippen molar-refractivity contribution >= 4 is 39.5 Å². The number of allylic oxidation sites excluding steroid dienone is 4. The van der Waals surface area contributed by atoms with Gasteiger partial charge in [0.15, 0.2) is 12.2 Å². The van der Waals surface area contributed by atoms with Gasteiger partial charge in [0.2, 0.25) is 0 Å². The maximum atomic E-state index is 13.0. The molecule has 0 amide bonds. The van der Waals surface area contributed by atoms with Crippen molar-refractivity contribution < 1.29 is 80.2 Å². The molecule has 0 heterocycles. The molecule has 536 valence electrons. The van der Waals surface area contributed by atoms with E-state index in [2.05, 4.69) is 52.0 Å². The number of esters is 4. The van der Waals surface area contributed by atoms with Crippen LogP contribution in [0.2, 0.25) is 0 Å². The van der Waals surface area contributed by atoms with Gasteiger partial charge >= 0.3 is 39.5 Å². The fourth-order valence-corrected chi connectivity index (χ4v) is 12.1. The summed E-state index contributed by atoms with van der Waals surface area (Å²) in [5.74, 6) is -2.15. The van der Waals surface area contributed by atoms with Crippen molar-refractivity contribution in [1.29, 1.82) is 0 Å². The SMILES string of the molecule is CCCCCC/C=C\C=C/CCCCCCCC(=O)OC[C@H](COP(=O)(O)OC[C@@H](O)COP(=O)(O)OC[C@@H](COC(=O)CCCCCCCCCC)OC(=O)CCCCCCCCCCCCC)OC(=O)CCCCCCCCCCCCCCCCCCC. The second kappa shape index (κ2) is 66.2. The Kier molecular flexibility index (Phi) is 64.4. The van der Waals surface area contributed by atoms with Gasteiger partial charge in [-0.15, -0.1) is 0 Å². The van der Waals surface area contributed by atoms with Crippen LogP contribution < -0.4 is 0 Å². The highest BCUT2D eigenvalue weighted by Gasteiger charge is 2.30. The zero-order chi connectivity index (χ0) is 66.8. The highest BCUT2D eigenvalue weighted by atomic mass is 31.2. The Morgan fingerprint density at radius 1 is 0.308 bits per heavy atom. The number of carbonyl (C=O) groups excluding carboxylic acids is 4. The van der Waals surface area contributed by atoms with Crippen LogP contribution in [0.15, 0.2) is 24.3 Å². The van der Waals surface area contributed by atoms with Crippen LogP contribution in [-0.4, -0.2) is 96.7 Å². The smallest absolute Gasteiger partial charge is 0.462 e. The van der Waals surface area contributed by atoms with Gasteiger partial charge in [0.25, 0.3) is 0 Å². The maximum Gasteiger partial charge on any atom is 0.472 e. The van der Waals surface area contributed by atoms with Crippen molar-refractivity contribution in [2.75, 3.05) is 39.6 Å². The molecule has 0 fully saturated rings. The molecule has 0 saturated carbocycles. The first kappa shape index (κ1) is 88.5. The second-order valence-electron chi connectivity index (χ2n) is 25.3. The molecule has 19 heteroatoms. The number of carbonyl (C=O) groups is 4. The molecule has 17 nitrogen and oxygen atoms in total. The highest BCUT2D eigenvalue weighted by molar-refractivity contribution is 7.47. The fourth-order valence-electron chi connectivity index (χ4n) is 10.5. The van der Waals surface area contributed by atoms with Crippen LogP contribution in [0.5, 0.6) is 0 Å². The summed E-state index contributed by atoms with van der Waals surface area (Å²) >= 11 is 0. The monoisotopic (exact) mass is 1330 g/mol. The number of ether oxygens (including phenoxy) is 4. The third-order valence-corrected chi connectivity index (χ3v) is 18.1. The Balaban J connectivity index is 5.25. The van der Waals surface area contributed by atoms with E-state index in [1.54, 1.807) is 0 Å². The van der Waals surface area contributed by atoms with Crippen LogP contribution in [0.25, 0.3) is 0 Å². The Bertz CT molecular complexity index is 1830. The molecule has 0 aromatic rings. The molecular weight excluding hydrogens is 1200 g/mol. The van der Waals surface area contributed by atoms with Gasteiger partial charge in [0.1, 0.15) is 19.3 Å². The van der Waals surface area contributed by atoms with Crippen molar-refractivity contribution in [1.82, 2.24) is 0 Å². The van der Waals surface area contributed by atoms with Gasteiger partial charge in [-0.25, -0.2) is 9.13 Å². The third-order valence-electron chi connectivity index (χ3n) is 16.2. The minimum atomic E-state index is -4.96. The zero-order valence-corrected chi connectivity index (χ0v) is 60.1. The number of phosphoric acid groups is 2. The van der Waals surface area contributed by atoms with Crippen LogP contribution in [0.3, 0.4) is 0 Å². The first-order chi connectivity index (χ1) is 44.2. The fraction of sp³-hybridized carbons (Fsp3) is 0.889. The molecule has 0 spiro atoms. The summed E-state index contributed by atoms with van der Waals surface area (Å²) in [5.41, 5.74) is 0. The van der Waals surface area contributed by atoms with Gasteiger partial charge in [-0.2, -0.15) is 0 Å². The molecule has 2 unspecified atom stereocenters. The van der Waals surface area contributed by atoms with Gasteiger partial charge < -0.3 is 33.8 Å². The lowest BCUT2D eigenvalue weighted by molar-refractivity contribution is -0.161. The van der Waals surface area contributed by atoms with Crippen molar-refractivity contribution in [3.63, 3.8) is 0 Å². The van der Waals surface area contributed by atoms with E-state index in [4.69, 9.17) is 37.0 Å². The molecular formula is C72H136O17P2. The number of unbranched alkanes of at least 4 members (excludes halogenated alkanes) is 42. The van der Waals surface area contributed by atoms with E-state index in [0.29, 0.717) is 25.7 Å². The van der Waals surface area contributed by atoms with Gasteiger partial charge in [0.05, 0.1) is 26.4 Å². The molecule has 0 rings (SSSR count). The number of rotatable bonds is 71. The van der Waals surface area contributed by atoms with E-state index in [9.17, 15) is 43.2 Å². The van der Waals surface area contributed by atoms with Crippen LogP contribution in [0.4, 0.5) is 0 Å². The van der Waals surface area contributed by atoms with E-state index in [-0.39, 0.29) is 25.7 Å². The van der Waals surface area contributed by atoms with Crippen molar-refractivity contribution in [3.05, 3.63) is 24.3 Å². The number of hydrogen-bond acceptors (Lipinski definition) is 15. The van der Waals surface area contributed by atoms with E-state index >= 15 is 0 Å².